The SMILES string of the molecule is c1cncc(-c2nc(N3CCNCC3)cs2)c1. The highest BCUT2D eigenvalue weighted by atomic mass is 32.1. The molecule has 1 saturated heterocycles. The summed E-state index contributed by atoms with van der Waals surface area (Å²) in [6.45, 7) is 4.16. The zero-order chi connectivity index (χ0) is 11.5. The van der Waals surface area contributed by atoms with Gasteiger partial charge in [0, 0.05) is 49.5 Å². The smallest absolute Gasteiger partial charge is 0.140 e. The van der Waals surface area contributed by atoms with E-state index < -0.39 is 0 Å². The fourth-order valence-corrected chi connectivity index (χ4v) is 2.75. The first kappa shape index (κ1) is 10.7. The number of anilines is 1. The molecule has 3 rings (SSSR count). The molecule has 0 atom stereocenters. The van der Waals surface area contributed by atoms with Crippen molar-refractivity contribution in [1.82, 2.24) is 15.3 Å². The highest BCUT2D eigenvalue weighted by Gasteiger charge is 2.13. The standard InChI is InChI=1S/C12H14N4S/c1-2-10(8-14-3-1)12-15-11(9-17-12)16-6-4-13-5-7-16/h1-3,8-9,13H,4-7H2. The van der Waals surface area contributed by atoms with Crippen LogP contribution < -0.4 is 10.2 Å². The highest BCUT2D eigenvalue weighted by molar-refractivity contribution is 7.13. The molecule has 0 radical (unpaired) electrons. The van der Waals surface area contributed by atoms with Crippen LogP contribution in [0.15, 0.2) is 29.9 Å². The number of hydrogen-bond acceptors (Lipinski definition) is 5. The summed E-state index contributed by atoms with van der Waals surface area (Å²) in [4.78, 5) is 11.1. The summed E-state index contributed by atoms with van der Waals surface area (Å²) < 4.78 is 0. The van der Waals surface area contributed by atoms with Crippen LogP contribution in [0.2, 0.25) is 0 Å². The number of aromatic nitrogens is 2. The third-order valence-corrected chi connectivity index (χ3v) is 3.72. The van der Waals surface area contributed by atoms with Crippen LogP contribution in [0, 0.1) is 0 Å². The van der Waals surface area contributed by atoms with Crippen molar-refractivity contribution in [3.8, 4) is 10.6 Å². The van der Waals surface area contributed by atoms with Gasteiger partial charge in [0.05, 0.1) is 0 Å². The summed E-state index contributed by atoms with van der Waals surface area (Å²) in [7, 11) is 0. The van der Waals surface area contributed by atoms with Gasteiger partial charge in [0.25, 0.3) is 0 Å². The molecule has 0 aliphatic carbocycles. The molecular formula is C12H14N4S. The lowest BCUT2D eigenvalue weighted by atomic mass is 10.3. The maximum absolute atomic E-state index is 4.68. The summed E-state index contributed by atoms with van der Waals surface area (Å²) in [5.41, 5.74) is 1.10. The Morgan fingerprint density at radius 3 is 2.94 bits per heavy atom. The topological polar surface area (TPSA) is 41.1 Å². The summed E-state index contributed by atoms with van der Waals surface area (Å²) in [6.07, 6.45) is 3.65. The zero-order valence-corrected chi connectivity index (χ0v) is 10.3. The van der Waals surface area contributed by atoms with Crippen molar-refractivity contribution in [2.45, 2.75) is 0 Å². The molecule has 0 bridgehead atoms. The third kappa shape index (κ3) is 2.30. The molecule has 0 saturated carbocycles. The van der Waals surface area contributed by atoms with Gasteiger partial charge >= 0.3 is 0 Å². The monoisotopic (exact) mass is 246 g/mol. The minimum absolute atomic E-state index is 1.04. The Bertz CT molecular complexity index is 476. The molecule has 4 nitrogen and oxygen atoms in total. The van der Waals surface area contributed by atoms with Crippen LogP contribution in [-0.4, -0.2) is 36.1 Å². The van der Waals surface area contributed by atoms with Gasteiger partial charge in [0.15, 0.2) is 0 Å². The van der Waals surface area contributed by atoms with Crippen LogP contribution in [0.3, 0.4) is 0 Å². The normalized spacial score (nSPS) is 16.1. The highest BCUT2D eigenvalue weighted by Crippen LogP contribution is 2.27. The average Bonchev–Trinajstić information content (AvgIpc) is 2.90. The van der Waals surface area contributed by atoms with Gasteiger partial charge in [-0.25, -0.2) is 4.98 Å². The van der Waals surface area contributed by atoms with E-state index in [2.05, 4.69) is 25.6 Å². The fourth-order valence-electron chi connectivity index (χ4n) is 1.93. The van der Waals surface area contributed by atoms with Crippen molar-refractivity contribution in [2.75, 3.05) is 31.1 Å². The third-order valence-electron chi connectivity index (χ3n) is 2.84. The Kier molecular flexibility index (Phi) is 3.02. The second-order valence-electron chi connectivity index (χ2n) is 3.99. The van der Waals surface area contributed by atoms with E-state index in [1.54, 1.807) is 17.5 Å². The van der Waals surface area contributed by atoms with Crippen molar-refractivity contribution in [3.05, 3.63) is 29.9 Å². The quantitative estimate of drug-likeness (QED) is 0.874. The van der Waals surface area contributed by atoms with Crippen LogP contribution in [0.25, 0.3) is 10.6 Å². The summed E-state index contributed by atoms with van der Waals surface area (Å²) in [5.74, 6) is 1.09. The first-order valence-electron chi connectivity index (χ1n) is 5.75. The Hall–Kier alpha value is -1.46. The van der Waals surface area contributed by atoms with E-state index in [-0.39, 0.29) is 0 Å². The number of rotatable bonds is 2. The molecular weight excluding hydrogens is 232 g/mol. The Balaban J connectivity index is 1.83. The number of hydrogen-bond donors (Lipinski definition) is 1. The molecule has 1 fully saturated rings. The predicted molar refractivity (Wildman–Crippen MR) is 70.4 cm³/mol. The molecule has 0 aromatic carbocycles. The van der Waals surface area contributed by atoms with E-state index in [0.717, 1.165) is 42.6 Å². The Morgan fingerprint density at radius 1 is 1.29 bits per heavy atom. The van der Waals surface area contributed by atoms with E-state index in [1.165, 1.54) is 0 Å². The Labute approximate surface area is 104 Å². The molecule has 17 heavy (non-hydrogen) atoms. The minimum atomic E-state index is 1.04. The lowest BCUT2D eigenvalue weighted by Gasteiger charge is -2.27. The predicted octanol–water partition coefficient (Wildman–Crippen LogP) is 1.61. The van der Waals surface area contributed by atoms with Gasteiger partial charge < -0.3 is 10.2 Å². The van der Waals surface area contributed by atoms with E-state index in [1.807, 2.05) is 18.3 Å². The van der Waals surface area contributed by atoms with Crippen molar-refractivity contribution in [3.63, 3.8) is 0 Å². The van der Waals surface area contributed by atoms with Crippen LogP contribution >= 0.6 is 11.3 Å². The molecule has 0 spiro atoms. The minimum Gasteiger partial charge on any atom is -0.353 e. The van der Waals surface area contributed by atoms with E-state index >= 15 is 0 Å². The second kappa shape index (κ2) is 4.81. The number of nitrogens with one attached hydrogen (secondary N) is 1. The molecule has 5 heteroatoms. The van der Waals surface area contributed by atoms with E-state index in [4.69, 9.17) is 0 Å². The van der Waals surface area contributed by atoms with Crippen molar-refractivity contribution in [1.29, 1.82) is 0 Å². The molecule has 88 valence electrons. The largest absolute Gasteiger partial charge is 0.353 e. The molecule has 1 aliphatic heterocycles. The van der Waals surface area contributed by atoms with Crippen LogP contribution in [0.1, 0.15) is 0 Å². The number of pyridine rings is 1. The van der Waals surface area contributed by atoms with Gasteiger partial charge in [-0.05, 0) is 12.1 Å². The van der Waals surface area contributed by atoms with Gasteiger partial charge in [-0.1, -0.05) is 0 Å². The molecule has 0 amide bonds. The van der Waals surface area contributed by atoms with Crippen molar-refractivity contribution >= 4 is 17.2 Å². The molecule has 0 unspecified atom stereocenters. The van der Waals surface area contributed by atoms with E-state index in [9.17, 15) is 0 Å². The van der Waals surface area contributed by atoms with Gasteiger partial charge in [-0.2, -0.15) is 0 Å². The van der Waals surface area contributed by atoms with Crippen LogP contribution in [0.4, 0.5) is 5.82 Å². The lowest BCUT2D eigenvalue weighted by molar-refractivity contribution is 0.586. The first-order chi connectivity index (χ1) is 8.43. The fraction of sp³-hybridized carbons (Fsp3) is 0.333. The Morgan fingerprint density at radius 2 is 2.18 bits per heavy atom. The molecule has 2 aromatic rings. The zero-order valence-electron chi connectivity index (χ0n) is 9.47. The summed E-state index contributed by atoms with van der Waals surface area (Å²) >= 11 is 1.68. The van der Waals surface area contributed by atoms with Gasteiger partial charge in [0.1, 0.15) is 10.8 Å². The first-order valence-corrected chi connectivity index (χ1v) is 6.63. The summed E-state index contributed by atoms with van der Waals surface area (Å²) in [6, 6.07) is 3.99. The maximum atomic E-state index is 4.68. The summed E-state index contributed by atoms with van der Waals surface area (Å²) in [5, 5.41) is 6.53. The number of piperazine rings is 1. The average molecular weight is 246 g/mol. The molecule has 1 N–H and O–H groups in total. The number of thiazole rings is 1. The van der Waals surface area contributed by atoms with Crippen LogP contribution in [0.5, 0.6) is 0 Å². The van der Waals surface area contributed by atoms with Gasteiger partial charge in [-0.15, -0.1) is 11.3 Å². The maximum Gasteiger partial charge on any atom is 0.140 e. The molecule has 3 heterocycles. The second-order valence-corrected chi connectivity index (χ2v) is 4.85. The van der Waals surface area contributed by atoms with Crippen molar-refractivity contribution < 1.29 is 0 Å². The van der Waals surface area contributed by atoms with E-state index in [0.29, 0.717) is 0 Å². The lowest BCUT2D eigenvalue weighted by Crippen LogP contribution is -2.43. The van der Waals surface area contributed by atoms with Gasteiger partial charge in [-0.3, -0.25) is 4.98 Å². The van der Waals surface area contributed by atoms with Gasteiger partial charge in [0.2, 0.25) is 0 Å². The van der Waals surface area contributed by atoms with Crippen molar-refractivity contribution in [2.24, 2.45) is 0 Å². The number of nitrogens with zero attached hydrogens (tertiary/aromatic N) is 3. The van der Waals surface area contributed by atoms with Crippen LogP contribution in [-0.2, 0) is 0 Å². The molecule has 1 aliphatic rings. The molecule has 2 aromatic heterocycles.